The normalized spacial score (nSPS) is 24.3. The molecule has 1 nitrogen and oxygen atoms in total. The highest BCUT2D eigenvalue weighted by atomic mass is 19.1. The predicted molar refractivity (Wildman–Crippen MR) is 72.6 cm³/mol. The molecule has 1 aromatic carbocycles. The molecular weight excluding hydrogens is 227 g/mol. The molecule has 2 rings (SSSR count). The summed E-state index contributed by atoms with van der Waals surface area (Å²) in [5.41, 5.74) is 1.41. The minimum atomic E-state index is 0.668. The molecule has 0 amide bonds. The van der Waals surface area contributed by atoms with Crippen LogP contribution in [0.5, 0.6) is 5.75 Å². The van der Waals surface area contributed by atoms with Gasteiger partial charge in [0, 0.05) is 0 Å². The Kier molecular flexibility index (Phi) is 4.80. The van der Waals surface area contributed by atoms with Crippen molar-refractivity contribution in [2.75, 3.05) is 7.11 Å². The third kappa shape index (κ3) is 3.34. The highest BCUT2D eigenvalue weighted by Crippen LogP contribution is 2.37. The van der Waals surface area contributed by atoms with E-state index >= 15 is 0 Å². The third-order valence-corrected chi connectivity index (χ3v) is 3.99. The molecule has 0 heterocycles. The molecule has 0 saturated heterocycles. The lowest BCUT2D eigenvalue weighted by atomic mass is 9.77. The number of hydrogen-bond donors (Lipinski definition) is 0. The van der Waals surface area contributed by atoms with Gasteiger partial charge in [-0.1, -0.05) is 18.2 Å². The minimum Gasteiger partial charge on any atom is -0.497 e. The summed E-state index contributed by atoms with van der Waals surface area (Å²) in [6.45, 7) is 0. The molecular formula is C16H21FO. The van der Waals surface area contributed by atoms with Gasteiger partial charge in [-0.2, -0.15) is 0 Å². The molecule has 1 aliphatic carbocycles. The fourth-order valence-corrected chi connectivity index (χ4v) is 2.85. The smallest absolute Gasteiger partial charge is 0.118 e. The van der Waals surface area contributed by atoms with Crippen LogP contribution in [-0.2, 0) is 0 Å². The van der Waals surface area contributed by atoms with E-state index < -0.39 is 0 Å². The highest BCUT2D eigenvalue weighted by Gasteiger charge is 2.21. The van der Waals surface area contributed by atoms with Gasteiger partial charge in [-0.15, -0.1) is 0 Å². The maximum absolute atomic E-state index is 12.0. The van der Waals surface area contributed by atoms with Crippen LogP contribution in [0.1, 0.15) is 43.6 Å². The molecule has 0 aliphatic heterocycles. The molecule has 0 aromatic heterocycles. The zero-order valence-electron chi connectivity index (χ0n) is 10.9. The summed E-state index contributed by atoms with van der Waals surface area (Å²) in [5, 5.41) is 0. The molecule has 1 aliphatic rings. The molecule has 0 N–H and O–H groups in total. The van der Waals surface area contributed by atoms with Crippen LogP contribution in [0.15, 0.2) is 36.7 Å². The van der Waals surface area contributed by atoms with Crippen molar-refractivity contribution in [2.45, 2.75) is 38.0 Å². The number of halogens is 1. The van der Waals surface area contributed by atoms with Gasteiger partial charge in [-0.05, 0) is 61.6 Å². The van der Waals surface area contributed by atoms with E-state index in [2.05, 4.69) is 12.1 Å². The van der Waals surface area contributed by atoms with Crippen LogP contribution in [0.25, 0.3) is 0 Å². The molecule has 0 bridgehead atoms. The van der Waals surface area contributed by atoms with Crippen LogP contribution >= 0.6 is 0 Å². The second-order valence-corrected chi connectivity index (χ2v) is 5.09. The average Bonchev–Trinajstić information content (AvgIpc) is 2.46. The Morgan fingerprint density at radius 1 is 1.17 bits per heavy atom. The molecule has 0 spiro atoms. The Balaban J connectivity index is 1.88. The summed E-state index contributed by atoms with van der Waals surface area (Å²) in [5.74, 6) is 2.26. The number of rotatable bonds is 4. The Bertz CT molecular complexity index is 375. The maximum Gasteiger partial charge on any atom is 0.118 e. The van der Waals surface area contributed by atoms with E-state index in [4.69, 9.17) is 4.74 Å². The molecule has 1 aromatic rings. The largest absolute Gasteiger partial charge is 0.497 e. The summed E-state index contributed by atoms with van der Waals surface area (Å²) < 4.78 is 17.1. The lowest BCUT2D eigenvalue weighted by Gasteiger charge is -2.28. The molecule has 1 saturated carbocycles. The first-order valence-electron chi connectivity index (χ1n) is 6.72. The number of ether oxygens (including phenoxy) is 1. The first kappa shape index (κ1) is 13.1. The third-order valence-electron chi connectivity index (χ3n) is 3.99. The van der Waals surface area contributed by atoms with E-state index in [9.17, 15) is 4.39 Å². The molecule has 2 heteroatoms. The molecule has 98 valence electrons. The van der Waals surface area contributed by atoms with Crippen molar-refractivity contribution in [3.8, 4) is 5.75 Å². The van der Waals surface area contributed by atoms with Gasteiger partial charge < -0.3 is 4.74 Å². The van der Waals surface area contributed by atoms with Crippen LogP contribution in [-0.4, -0.2) is 7.11 Å². The zero-order chi connectivity index (χ0) is 12.8. The topological polar surface area (TPSA) is 9.23 Å². The Morgan fingerprint density at radius 3 is 2.39 bits per heavy atom. The number of benzene rings is 1. The van der Waals surface area contributed by atoms with Crippen molar-refractivity contribution in [3.05, 3.63) is 42.2 Å². The summed E-state index contributed by atoms with van der Waals surface area (Å²) in [6, 6.07) is 8.41. The lowest BCUT2D eigenvalue weighted by Crippen LogP contribution is -2.12. The highest BCUT2D eigenvalue weighted by molar-refractivity contribution is 5.29. The summed E-state index contributed by atoms with van der Waals surface area (Å²) in [6.07, 6.45) is 8.08. The van der Waals surface area contributed by atoms with Gasteiger partial charge in [0.2, 0.25) is 0 Å². The van der Waals surface area contributed by atoms with Crippen LogP contribution in [0.3, 0.4) is 0 Å². The van der Waals surface area contributed by atoms with Crippen molar-refractivity contribution in [1.82, 2.24) is 0 Å². The van der Waals surface area contributed by atoms with Gasteiger partial charge >= 0.3 is 0 Å². The first-order valence-corrected chi connectivity index (χ1v) is 6.72. The second kappa shape index (κ2) is 6.58. The monoisotopic (exact) mass is 248 g/mol. The molecule has 1 fully saturated rings. The van der Waals surface area contributed by atoms with Gasteiger partial charge in [-0.25, -0.2) is 4.39 Å². The van der Waals surface area contributed by atoms with E-state index in [0.29, 0.717) is 18.2 Å². The van der Waals surface area contributed by atoms with Crippen molar-refractivity contribution < 1.29 is 9.13 Å². The van der Waals surface area contributed by atoms with Gasteiger partial charge in [0.1, 0.15) is 5.75 Å². The van der Waals surface area contributed by atoms with Crippen molar-refractivity contribution in [2.24, 2.45) is 5.92 Å². The van der Waals surface area contributed by atoms with E-state index in [1.165, 1.54) is 31.2 Å². The molecule has 18 heavy (non-hydrogen) atoms. The zero-order valence-corrected chi connectivity index (χ0v) is 10.9. The molecule has 0 atom stereocenters. The summed E-state index contributed by atoms with van der Waals surface area (Å²) in [7, 11) is 1.69. The Hall–Kier alpha value is -1.31. The van der Waals surface area contributed by atoms with Crippen molar-refractivity contribution >= 4 is 0 Å². The fraction of sp³-hybridized carbons (Fsp3) is 0.500. The average molecular weight is 248 g/mol. The van der Waals surface area contributed by atoms with Crippen LogP contribution in [0, 0.1) is 5.92 Å². The number of methoxy groups -OCH3 is 1. The quantitative estimate of drug-likeness (QED) is 0.740. The SMILES string of the molecule is COc1ccc([C@H]2CC[C@H](C/C=C/F)CC2)cc1. The van der Waals surface area contributed by atoms with Gasteiger partial charge in [-0.3, -0.25) is 0 Å². The van der Waals surface area contributed by atoms with E-state index in [-0.39, 0.29) is 0 Å². The second-order valence-electron chi connectivity index (χ2n) is 5.09. The van der Waals surface area contributed by atoms with Crippen molar-refractivity contribution in [1.29, 1.82) is 0 Å². The van der Waals surface area contributed by atoms with Crippen LogP contribution < -0.4 is 4.74 Å². The van der Waals surface area contributed by atoms with E-state index in [1.807, 2.05) is 12.1 Å². The van der Waals surface area contributed by atoms with E-state index in [0.717, 1.165) is 12.2 Å². The number of allylic oxidation sites excluding steroid dienone is 1. The maximum atomic E-state index is 12.0. The lowest BCUT2D eigenvalue weighted by molar-refractivity contribution is 0.327. The van der Waals surface area contributed by atoms with Gasteiger partial charge in [0.05, 0.1) is 13.4 Å². The standard InChI is InChI=1S/C16H21FO/c1-18-16-10-8-15(9-11-16)14-6-4-13(5-7-14)3-2-12-17/h2,8-14H,3-7H2,1H3/b12-2+/t13-,14-. The molecule has 0 radical (unpaired) electrons. The summed E-state index contributed by atoms with van der Waals surface area (Å²) in [4.78, 5) is 0. The van der Waals surface area contributed by atoms with Crippen LogP contribution in [0.2, 0.25) is 0 Å². The summed E-state index contributed by atoms with van der Waals surface area (Å²) >= 11 is 0. The van der Waals surface area contributed by atoms with Gasteiger partial charge in [0.15, 0.2) is 0 Å². The minimum absolute atomic E-state index is 0.668. The van der Waals surface area contributed by atoms with Crippen molar-refractivity contribution in [3.63, 3.8) is 0 Å². The van der Waals surface area contributed by atoms with Crippen LogP contribution in [0.4, 0.5) is 4.39 Å². The van der Waals surface area contributed by atoms with E-state index in [1.54, 1.807) is 13.2 Å². The fourth-order valence-electron chi connectivity index (χ4n) is 2.85. The predicted octanol–water partition coefficient (Wildman–Crippen LogP) is 4.84. The number of hydrogen-bond acceptors (Lipinski definition) is 1. The Labute approximate surface area is 109 Å². The van der Waals surface area contributed by atoms with Gasteiger partial charge in [0.25, 0.3) is 0 Å². The Morgan fingerprint density at radius 2 is 1.83 bits per heavy atom. The first-order chi connectivity index (χ1) is 8.83. The molecule has 0 unspecified atom stereocenters.